The van der Waals surface area contributed by atoms with Gasteiger partial charge in [0, 0.05) is 18.1 Å². The van der Waals surface area contributed by atoms with Crippen molar-refractivity contribution in [3.8, 4) is 0 Å². The first-order chi connectivity index (χ1) is 14.1. The summed E-state index contributed by atoms with van der Waals surface area (Å²) in [6.45, 7) is 3.19. The Balaban J connectivity index is 1.53. The summed E-state index contributed by atoms with van der Waals surface area (Å²) in [7, 11) is -3.39. The molecule has 2 aromatic rings. The number of furan rings is 1. The molecule has 0 spiro atoms. The monoisotopic (exact) mass is 429 g/mol. The van der Waals surface area contributed by atoms with E-state index in [4.69, 9.17) is 9.20 Å². The first-order valence-corrected chi connectivity index (χ1v) is 12.6. The third kappa shape index (κ3) is 4.40. The lowest BCUT2D eigenvalue weighted by Gasteiger charge is -2.27. The van der Waals surface area contributed by atoms with Crippen molar-refractivity contribution in [2.45, 2.75) is 75.9 Å². The number of benzene rings is 1. The van der Waals surface area contributed by atoms with Gasteiger partial charge in [0.05, 0.1) is 17.6 Å². The summed E-state index contributed by atoms with van der Waals surface area (Å²) in [5, 5.41) is 10.0. The average Bonchev–Trinajstić information content (AvgIpc) is 3.28. The summed E-state index contributed by atoms with van der Waals surface area (Å²) >= 11 is 0. The van der Waals surface area contributed by atoms with Gasteiger partial charge in [0.1, 0.15) is 9.73 Å². The summed E-state index contributed by atoms with van der Waals surface area (Å²) in [5.41, 5.74) is 4.32. The number of aliphatic hydroxyl groups is 1. The van der Waals surface area contributed by atoms with Gasteiger partial charge in [0.15, 0.2) is 10.9 Å². The van der Waals surface area contributed by atoms with Crippen molar-refractivity contribution in [2.75, 3.05) is 5.75 Å². The van der Waals surface area contributed by atoms with Crippen LogP contribution in [0.25, 0.3) is 0 Å². The third-order valence-electron chi connectivity index (χ3n) is 6.58. The van der Waals surface area contributed by atoms with Crippen molar-refractivity contribution in [1.82, 2.24) is 0 Å². The highest BCUT2D eigenvalue weighted by Gasteiger charge is 2.27. The second kappa shape index (κ2) is 7.97. The molecule has 1 fully saturated rings. The minimum atomic E-state index is -3.39. The molecule has 6 heteroatoms. The molecule has 0 amide bonds. The smallest absolute Gasteiger partial charge is 0.199 e. The summed E-state index contributed by atoms with van der Waals surface area (Å²) in [5.74, 6) is 0.159. The number of hydrogen-bond acceptors (Lipinski definition) is 5. The van der Waals surface area contributed by atoms with Gasteiger partial charge in [0.25, 0.3) is 0 Å². The quantitative estimate of drug-likeness (QED) is 0.644. The zero-order valence-electron chi connectivity index (χ0n) is 17.8. The number of rotatable bonds is 8. The summed E-state index contributed by atoms with van der Waals surface area (Å²) in [6, 6.07) is 5.84. The zero-order valence-corrected chi connectivity index (χ0v) is 18.6. The minimum Gasteiger partial charge on any atom is -0.454 e. The first-order valence-electron chi connectivity index (χ1n) is 10.9. The normalized spacial score (nSPS) is 18.6. The molecule has 0 radical (unpaired) electrons. The maximum absolute atomic E-state index is 13.0. The van der Waals surface area contributed by atoms with E-state index in [2.05, 4.69) is 12.1 Å². The van der Waals surface area contributed by atoms with Crippen LogP contribution in [-0.4, -0.2) is 20.9 Å². The van der Waals surface area contributed by atoms with Gasteiger partial charge in [-0.25, -0.2) is 8.99 Å². The molecule has 4 rings (SSSR count). The number of fused-ring (bicyclic) bond motifs is 1. The number of nitrogens with one attached hydrogen (secondary N) is 1. The zero-order chi connectivity index (χ0) is 21.5. The van der Waals surface area contributed by atoms with Gasteiger partial charge < -0.3 is 9.52 Å². The molecule has 30 heavy (non-hydrogen) atoms. The highest BCUT2D eigenvalue weighted by molar-refractivity contribution is 7.93. The Morgan fingerprint density at radius 3 is 2.67 bits per heavy atom. The number of aryl methyl sites for hydroxylation is 1. The van der Waals surface area contributed by atoms with Crippen LogP contribution in [0.4, 0.5) is 0 Å². The molecule has 2 N–H and O–H groups in total. The first kappa shape index (κ1) is 21.3. The predicted molar refractivity (Wildman–Crippen MR) is 116 cm³/mol. The predicted octanol–water partition coefficient (Wildman–Crippen LogP) is 4.56. The van der Waals surface area contributed by atoms with Gasteiger partial charge >= 0.3 is 0 Å². The van der Waals surface area contributed by atoms with E-state index in [1.165, 1.54) is 48.3 Å². The van der Waals surface area contributed by atoms with Crippen LogP contribution >= 0.6 is 0 Å². The van der Waals surface area contributed by atoms with Gasteiger partial charge in [-0.3, -0.25) is 4.79 Å². The van der Waals surface area contributed by atoms with Crippen LogP contribution in [0.15, 0.2) is 34.0 Å². The number of hydrogen-bond donors (Lipinski definition) is 2. The van der Waals surface area contributed by atoms with Crippen LogP contribution in [0.1, 0.15) is 67.3 Å². The molecule has 5 nitrogen and oxygen atoms in total. The van der Waals surface area contributed by atoms with Crippen molar-refractivity contribution in [3.63, 3.8) is 0 Å². The molecule has 1 heterocycles. The second-order valence-electron chi connectivity index (χ2n) is 9.44. The number of carbonyl (C=O) groups excluding carboxylic acids is 1. The van der Waals surface area contributed by atoms with Gasteiger partial charge in [-0.2, -0.15) is 0 Å². The highest BCUT2D eigenvalue weighted by atomic mass is 32.2. The molecule has 162 valence electrons. The number of ketones is 1. The van der Waals surface area contributed by atoms with Gasteiger partial charge in [-0.05, 0) is 67.7 Å². The fourth-order valence-corrected chi connectivity index (χ4v) is 5.79. The van der Waals surface area contributed by atoms with E-state index in [1.54, 1.807) is 13.8 Å². The van der Waals surface area contributed by atoms with E-state index in [1.807, 2.05) is 0 Å². The van der Waals surface area contributed by atoms with Crippen LogP contribution in [-0.2, 0) is 45.8 Å². The molecule has 0 aliphatic heterocycles. The van der Waals surface area contributed by atoms with E-state index in [0.29, 0.717) is 11.5 Å². The molecular weight excluding hydrogens is 398 g/mol. The fourth-order valence-electron chi connectivity index (χ4n) is 4.57. The standard InChI is InChI=1S/C24H31NO4S/c1-24(2,27)19-12-23(29-14-19)30(25,28)15-20(26)13-22-18(11-16-5-3-6-16)10-9-17-7-4-8-21(17)22/h9-10,12,14,16,25,27H,3-8,11,13,15H2,1-2H3. The molecule has 1 saturated carbocycles. The van der Waals surface area contributed by atoms with Crippen molar-refractivity contribution in [2.24, 2.45) is 5.92 Å². The Bertz CT molecular complexity index is 1060. The molecule has 2 aliphatic rings. The summed E-state index contributed by atoms with van der Waals surface area (Å²) in [6.07, 6.45) is 9.54. The SMILES string of the molecule is CC(C)(O)c1coc(S(=N)(=O)CC(=O)Cc2c(CC3CCC3)ccc3c2CCC3)c1. The molecular formula is C24H31NO4S. The Morgan fingerprint density at radius 1 is 1.27 bits per heavy atom. The van der Waals surface area contributed by atoms with Gasteiger partial charge in [-0.1, -0.05) is 31.4 Å². The molecule has 2 aliphatic carbocycles. The van der Waals surface area contributed by atoms with Crippen LogP contribution in [0, 0.1) is 10.7 Å². The van der Waals surface area contributed by atoms with E-state index in [-0.39, 0.29) is 23.0 Å². The van der Waals surface area contributed by atoms with Crippen molar-refractivity contribution < 1.29 is 18.5 Å². The summed E-state index contributed by atoms with van der Waals surface area (Å²) < 4.78 is 26.5. The second-order valence-corrected chi connectivity index (χ2v) is 11.5. The number of Topliss-reactive ketones (excluding diaryl/α,β-unsaturated/α-hetero) is 1. The third-order valence-corrected chi connectivity index (χ3v) is 8.17. The van der Waals surface area contributed by atoms with E-state index in [0.717, 1.165) is 31.2 Å². The average molecular weight is 430 g/mol. The summed E-state index contributed by atoms with van der Waals surface area (Å²) in [4.78, 5) is 12.9. The van der Waals surface area contributed by atoms with Crippen LogP contribution < -0.4 is 0 Å². The maximum Gasteiger partial charge on any atom is 0.199 e. The van der Waals surface area contributed by atoms with E-state index < -0.39 is 15.3 Å². The number of carbonyl (C=O) groups is 1. The van der Waals surface area contributed by atoms with Crippen molar-refractivity contribution >= 4 is 15.5 Å². The van der Waals surface area contributed by atoms with Gasteiger partial charge in [-0.15, -0.1) is 0 Å². The Labute approximate surface area is 178 Å². The van der Waals surface area contributed by atoms with Crippen molar-refractivity contribution in [1.29, 1.82) is 4.78 Å². The topological polar surface area (TPSA) is 91.4 Å². The van der Waals surface area contributed by atoms with Crippen LogP contribution in [0.3, 0.4) is 0 Å². The van der Waals surface area contributed by atoms with E-state index in [9.17, 15) is 14.1 Å². The molecule has 1 atom stereocenters. The van der Waals surface area contributed by atoms with Crippen molar-refractivity contribution in [3.05, 3.63) is 52.3 Å². The maximum atomic E-state index is 13.0. The lowest BCUT2D eigenvalue weighted by molar-refractivity contribution is -0.116. The molecule has 0 bridgehead atoms. The fraction of sp³-hybridized carbons (Fsp3) is 0.542. The van der Waals surface area contributed by atoms with Crippen LogP contribution in [0.5, 0.6) is 0 Å². The van der Waals surface area contributed by atoms with Crippen LogP contribution in [0.2, 0.25) is 0 Å². The molecule has 0 saturated heterocycles. The highest BCUT2D eigenvalue weighted by Crippen LogP contribution is 2.35. The Morgan fingerprint density at radius 2 is 2.03 bits per heavy atom. The molecule has 1 aromatic heterocycles. The lowest BCUT2D eigenvalue weighted by Crippen LogP contribution is -2.20. The Hall–Kier alpha value is -1.92. The lowest BCUT2D eigenvalue weighted by atomic mass is 9.79. The Kier molecular flexibility index (Phi) is 5.66. The largest absolute Gasteiger partial charge is 0.454 e. The molecule has 1 aromatic carbocycles. The molecule has 1 unspecified atom stereocenters. The van der Waals surface area contributed by atoms with Gasteiger partial charge in [0.2, 0.25) is 0 Å². The minimum absolute atomic E-state index is 0.0408. The van der Waals surface area contributed by atoms with E-state index >= 15 is 0 Å².